The van der Waals surface area contributed by atoms with Crippen LogP contribution in [0.3, 0.4) is 0 Å². The highest BCUT2D eigenvalue weighted by Crippen LogP contribution is 2.31. The highest BCUT2D eigenvalue weighted by molar-refractivity contribution is 5.92. The van der Waals surface area contributed by atoms with E-state index >= 15 is 0 Å². The molecule has 1 amide bonds. The molecule has 0 saturated carbocycles. The summed E-state index contributed by atoms with van der Waals surface area (Å²) in [6, 6.07) is 3.10. The van der Waals surface area contributed by atoms with Gasteiger partial charge in [-0.05, 0) is 30.0 Å². The molecule has 0 N–H and O–H groups in total. The van der Waals surface area contributed by atoms with Gasteiger partial charge in [0.25, 0.3) is 0 Å². The van der Waals surface area contributed by atoms with Crippen molar-refractivity contribution in [2.45, 2.75) is 26.7 Å². The van der Waals surface area contributed by atoms with Gasteiger partial charge in [-0.1, -0.05) is 25.7 Å². The number of hydrogen-bond donors (Lipinski definition) is 0. The lowest BCUT2D eigenvalue weighted by atomic mass is 9.82. The molecule has 0 aliphatic carbocycles. The maximum absolute atomic E-state index is 13.5. The van der Waals surface area contributed by atoms with E-state index in [0.29, 0.717) is 24.5 Å². The Morgan fingerprint density at radius 3 is 2.56 bits per heavy atom. The number of halogens is 2. The van der Waals surface area contributed by atoms with Gasteiger partial charge in [0.05, 0.1) is 11.1 Å². The number of benzene rings is 1. The molecule has 4 nitrogen and oxygen atoms in total. The third-order valence-corrected chi connectivity index (χ3v) is 4.09. The number of piperidine rings is 1. The minimum absolute atomic E-state index is 0.00286. The zero-order valence-corrected chi connectivity index (χ0v) is 14.0. The number of carbonyl (C=O) groups excluding carboxylic acids is 1. The van der Waals surface area contributed by atoms with Crippen LogP contribution in [0.5, 0.6) is 0 Å². The van der Waals surface area contributed by atoms with Crippen molar-refractivity contribution in [3.63, 3.8) is 0 Å². The minimum Gasteiger partial charge on any atom is -0.281 e. The Bertz CT molecular complexity index is 866. The molecule has 1 aliphatic rings. The lowest BCUT2D eigenvalue weighted by Gasteiger charge is -2.35. The molecule has 1 aromatic carbocycles. The fraction of sp³-hybridized carbons (Fsp3) is 0.316. The van der Waals surface area contributed by atoms with Gasteiger partial charge >= 0.3 is 0 Å². The molecule has 0 bridgehead atoms. The van der Waals surface area contributed by atoms with E-state index in [2.05, 4.69) is 35.7 Å². The monoisotopic (exact) mass is 341 g/mol. The highest BCUT2D eigenvalue weighted by atomic mass is 19.1. The fourth-order valence-electron chi connectivity index (χ4n) is 2.60. The topological polar surface area (TPSA) is 46.1 Å². The largest absolute Gasteiger partial charge is 0.281 e. The minimum atomic E-state index is -0.590. The van der Waals surface area contributed by atoms with Gasteiger partial charge in [0.15, 0.2) is 0 Å². The second-order valence-electron chi connectivity index (χ2n) is 6.78. The number of anilines is 1. The summed E-state index contributed by atoms with van der Waals surface area (Å²) in [5.41, 5.74) is 0.420. The molecule has 0 unspecified atom stereocenters. The SMILES string of the molecule is CC1(C)CCN(c2ncc(C#Cc3cc(F)ccc3F)cn2)C(=O)C1. The molecule has 2 aromatic rings. The zero-order valence-electron chi connectivity index (χ0n) is 14.0. The Morgan fingerprint density at radius 2 is 1.88 bits per heavy atom. The van der Waals surface area contributed by atoms with Crippen molar-refractivity contribution < 1.29 is 13.6 Å². The van der Waals surface area contributed by atoms with Crippen molar-refractivity contribution in [2.24, 2.45) is 5.41 Å². The highest BCUT2D eigenvalue weighted by Gasteiger charge is 2.33. The van der Waals surface area contributed by atoms with Crippen molar-refractivity contribution in [1.29, 1.82) is 0 Å². The zero-order chi connectivity index (χ0) is 18.0. The molecular weight excluding hydrogens is 324 g/mol. The van der Waals surface area contributed by atoms with Crippen LogP contribution in [0.15, 0.2) is 30.6 Å². The van der Waals surface area contributed by atoms with E-state index in [4.69, 9.17) is 0 Å². The molecule has 1 aliphatic heterocycles. The Hall–Kier alpha value is -2.81. The third kappa shape index (κ3) is 4.00. The molecular formula is C19H17F2N3O. The number of amides is 1. The molecule has 2 heterocycles. The summed E-state index contributed by atoms with van der Waals surface area (Å²) in [5, 5.41) is 0. The van der Waals surface area contributed by atoms with Crippen LogP contribution in [-0.4, -0.2) is 22.4 Å². The quantitative estimate of drug-likeness (QED) is 0.748. The van der Waals surface area contributed by atoms with Crippen molar-refractivity contribution in [3.8, 4) is 11.8 Å². The first-order valence-corrected chi connectivity index (χ1v) is 7.94. The maximum Gasteiger partial charge on any atom is 0.232 e. The smallest absolute Gasteiger partial charge is 0.232 e. The van der Waals surface area contributed by atoms with Gasteiger partial charge in [-0.25, -0.2) is 18.7 Å². The second-order valence-corrected chi connectivity index (χ2v) is 6.78. The average molecular weight is 341 g/mol. The summed E-state index contributed by atoms with van der Waals surface area (Å²) >= 11 is 0. The molecule has 6 heteroatoms. The summed E-state index contributed by atoms with van der Waals surface area (Å²) in [6.45, 7) is 4.70. The Kier molecular flexibility index (Phi) is 4.49. The summed E-state index contributed by atoms with van der Waals surface area (Å²) in [5.74, 6) is 4.45. The van der Waals surface area contributed by atoms with Gasteiger partial charge < -0.3 is 0 Å². The van der Waals surface area contributed by atoms with Gasteiger partial charge in [0.2, 0.25) is 11.9 Å². The van der Waals surface area contributed by atoms with E-state index in [1.165, 1.54) is 12.4 Å². The molecule has 1 aromatic heterocycles. The fourth-order valence-corrected chi connectivity index (χ4v) is 2.60. The number of aromatic nitrogens is 2. The Balaban J connectivity index is 1.77. The molecule has 1 saturated heterocycles. The summed E-state index contributed by atoms with van der Waals surface area (Å²) in [6.07, 6.45) is 4.28. The van der Waals surface area contributed by atoms with Crippen molar-refractivity contribution in [3.05, 3.63) is 53.4 Å². The van der Waals surface area contributed by atoms with Crippen molar-refractivity contribution >= 4 is 11.9 Å². The molecule has 0 atom stereocenters. The summed E-state index contributed by atoms with van der Waals surface area (Å²) in [4.78, 5) is 22.1. The van der Waals surface area contributed by atoms with E-state index in [1.807, 2.05) is 0 Å². The van der Waals surface area contributed by atoms with Crippen LogP contribution in [0.4, 0.5) is 14.7 Å². The summed E-state index contributed by atoms with van der Waals surface area (Å²) in [7, 11) is 0. The van der Waals surface area contributed by atoms with Gasteiger partial charge in [-0.3, -0.25) is 9.69 Å². The van der Waals surface area contributed by atoms with Crippen molar-refractivity contribution in [1.82, 2.24) is 9.97 Å². The van der Waals surface area contributed by atoms with Crippen LogP contribution in [0.2, 0.25) is 0 Å². The number of nitrogens with zero attached hydrogens (tertiary/aromatic N) is 3. The van der Waals surface area contributed by atoms with Crippen LogP contribution in [-0.2, 0) is 4.79 Å². The summed E-state index contributed by atoms with van der Waals surface area (Å²) < 4.78 is 26.7. The number of carbonyl (C=O) groups is 1. The van der Waals surface area contributed by atoms with E-state index in [9.17, 15) is 13.6 Å². The number of rotatable bonds is 1. The molecule has 25 heavy (non-hydrogen) atoms. The maximum atomic E-state index is 13.5. The molecule has 128 valence electrons. The first-order valence-electron chi connectivity index (χ1n) is 7.94. The van der Waals surface area contributed by atoms with Gasteiger partial charge in [0.1, 0.15) is 11.6 Å². The number of hydrogen-bond acceptors (Lipinski definition) is 3. The predicted octanol–water partition coefficient (Wildman–Crippen LogP) is 3.31. The Labute approximate surface area is 144 Å². The van der Waals surface area contributed by atoms with E-state index in [0.717, 1.165) is 24.6 Å². The molecule has 0 radical (unpaired) electrons. The first-order chi connectivity index (χ1) is 11.8. The predicted molar refractivity (Wildman–Crippen MR) is 89.7 cm³/mol. The normalized spacial score (nSPS) is 16.3. The lowest BCUT2D eigenvalue weighted by Crippen LogP contribution is -2.42. The standard InChI is InChI=1S/C19H17F2N3O/c1-19(2)7-8-24(17(25)10-19)18-22-11-13(12-23-18)3-4-14-9-15(20)5-6-16(14)21/h5-6,9,11-12H,7-8,10H2,1-2H3. The van der Waals surface area contributed by atoms with Crippen LogP contribution < -0.4 is 4.90 Å². The van der Waals surface area contributed by atoms with Crippen LogP contribution >= 0.6 is 0 Å². The van der Waals surface area contributed by atoms with E-state index in [1.54, 1.807) is 4.90 Å². The molecule has 3 rings (SSSR count). The van der Waals surface area contributed by atoms with Crippen LogP contribution in [0, 0.1) is 28.9 Å². The van der Waals surface area contributed by atoms with Crippen LogP contribution in [0.25, 0.3) is 0 Å². The van der Waals surface area contributed by atoms with Gasteiger partial charge in [-0.15, -0.1) is 0 Å². The van der Waals surface area contributed by atoms with E-state index < -0.39 is 11.6 Å². The van der Waals surface area contributed by atoms with Crippen LogP contribution in [0.1, 0.15) is 37.8 Å². The Morgan fingerprint density at radius 1 is 1.16 bits per heavy atom. The molecule has 0 spiro atoms. The third-order valence-electron chi connectivity index (χ3n) is 4.09. The second kappa shape index (κ2) is 6.60. The van der Waals surface area contributed by atoms with E-state index in [-0.39, 0.29) is 16.9 Å². The lowest BCUT2D eigenvalue weighted by molar-refractivity contribution is -0.122. The van der Waals surface area contributed by atoms with Crippen molar-refractivity contribution in [2.75, 3.05) is 11.4 Å². The average Bonchev–Trinajstić information content (AvgIpc) is 2.56. The molecule has 1 fully saturated rings. The van der Waals surface area contributed by atoms with Gasteiger partial charge in [0, 0.05) is 25.4 Å². The van der Waals surface area contributed by atoms with Gasteiger partial charge in [-0.2, -0.15) is 0 Å². The first kappa shape index (κ1) is 17.0.